The van der Waals surface area contributed by atoms with Gasteiger partial charge in [-0.3, -0.25) is 19.2 Å². The second-order valence-electron chi connectivity index (χ2n) is 6.57. The largest absolute Gasteiger partial charge is 0.463 e. The molecule has 2 rings (SSSR count). The molecule has 1 aliphatic rings. The van der Waals surface area contributed by atoms with Crippen molar-refractivity contribution in [1.29, 1.82) is 0 Å². The average molecular weight is 428 g/mol. The molecule has 2 N–H and O–H groups in total. The first kappa shape index (κ1) is 23.2. The monoisotopic (exact) mass is 428 g/mol. The number of rotatable bonds is 7. The van der Waals surface area contributed by atoms with Gasteiger partial charge >= 0.3 is 17.9 Å². The lowest BCUT2D eigenvalue weighted by molar-refractivity contribution is -0.239. The SMILES string of the molecule is CC(=O)N[C@@H]1[C@@H](OC(C)=O)[C@H](OC(C)=O)[C@@H](COC(C)=O)O[C@H]1n1nncc1CO. The Hall–Kier alpha value is -3.06. The standard InChI is InChI=1S/C17H24N4O9/c1-8(23)19-14-16(29-11(4)26)15(28-10(3)25)13(7-27-9(2)24)30-17(14)21-12(6-22)5-18-20-21/h5,13-17,22H,6-7H2,1-4H3,(H,19,23)/t13-,14-,15-,16-,17-/m1/s1. The van der Waals surface area contributed by atoms with Gasteiger partial charge in [-0.25, -0.2) is 4.68 Å². The van der Waals surface area contributed by atoms with Crippen molar-refractivity contribution in [1.82, 2.24) is 20.3 Å². The van der Waals surface area contributed by atoms with Gasteiger partial charge in [-0.2, -0.15) is 0 Å². The number of aromatic nitrogens is 3. The van der Waals surface area contributed by atoms with Crippen LogP contribution in [0.2, 0.25) is 0 Å². The van der Waals surface area contributed by atoms with E-state index < -0.39 is 61.0 Å². The van der Waals surface area contributed by atoms with E-state index in [0.29, 0.717) is 0 Å². The Bertz CT molecular complexity index is 796. The van der Waals surface area contributed by atoms with Gasteiger partial charge in [0.1, 0.15) is 18.8 Å². The Labute approximate surface area is 171 Å². The van der Waals surface area contributed by atoms with E-state index in [2.05, 4.69) is 15.6 Å². The van der Waals surface area contributed by atoms with E-state index >= 15 is 0 Å². The zero-order chi connectivity index (χ0) is 22.4. The summed E-state index contributed by atoms with van der Waals surface area (Å²) >= 11 is 0. The molecule has 0 aliphatic carbocycles. The van der Waals surface area contributed by atoms with Crippen LogP contribution in [0.4, 0.5) is 0 Å². The number of nitrogens with zero attached hydrogens (tertiary/aromatic N) is 3. The summed E-state index contributed by atoms with van der Waals surface area (Å²) in [6.07, 6.45) is -3.35. The van der Waals surface area contributed by atoms with Gasteiger partial charge in [0.15, 0.2) is 18.4 Å². The molecule has 0 saturated carbocycles. The molecular weight excluding hydrogens is 404 g/mol. The van der Waals surface area contributed by atoms with E-state index in [9.17, 15) is 24.3 Å². The molecule has 0 aromatic carbocycles. The Morgan fingerprint density at radius 2 is 1.73 bits per heavy atom. The van der Waals surface area contributed by atoms with Crippen LogP contribution in [0.15, 0.2) is 6.20 Å². The van der Waals surface area contributed by atoms with Crippen molar-refractivity contribution in [2.75, 3.05) is 6.61 Å². The number of esters is 3. The van der Waals surface area contributed by atoms with E-state index in [1.54, 1.807) is 0 Å². The van der Waals surface area contributed by atoms with E-state index in [1.807, 2.05) is 0 Å². The van der Waals surface area contributed by atoms with Gasteiger partial charge in [-0.05, 0) is 0 Å². The van der Waals surface area contributed by atoms with Crippen molar-refractivity contribution in [3.63, 3.8) is 0 Å². The highest BCUT2D eigenvalue weighted by molar-refractivity contribution is 5.73. The third-order valence-corrected chi connectivity index (χ3v) is 4.14. The Balaban J connectivity index is 2.53. The van der Waals surface area contributed by atoms with Gasteiger partial charge < -0.3 is 29.4 Å². The van der Waals surface area contributed by atoms with Crippen LogP contribution in [-0.4, -0.2) is 74.9 Å². The van der Waals surface area contributed by atoms with Crippen LogP contribution in [0.25, 0.3) is 0 Å². The highest BCUT2D eigenvalue weighted by Crippen LogP contribution is 2.33. The van der Waals surface area contributed by atoms with E-state index in [-0.39, 0.29) is 12.3 Å². The minimum atomic E-state index is -1.22. The normalized spacial score (nSPS) is 25.8. The fourth-order valence-electron chi connectivity index (χ4n) is 3.11. The highest BCUT2D eigenvalue weighted by Gasteiger charge is 2.52. The Morgan fingerprint density at radius 1 is 1.10 bits per heavy atom. The summed E-state index contributed by atoms with van der Waals surface area (Å²) in [5.41, 5.74) is 0.245. The van der Waals surface area contributed by atoms with Gasteiger partial charge in [0.2, 0.25) is 5.91 Å². The molecule has 1 aliphatic heterocycles. The number of hydrogen-bond acceptors (Lipinski definition) is 11. The predicted molar refractivity (Wildman–Crippen MR) is 95.2 cm³/mol. The molecule has 5 atom stereocenters. The fourth-order valence-corrected chi connectivity index (χ4v) is 3.11. The van der Waals surface area contributed by atoms with Gasteiger partial charge in [0, 0.05) is 27.7 Å². The topological polar surface area (TPSA) is 168 Å². The second kappa shape index (κ2) is 10.1. The minimum Gasteiger partial charge on any atom is -0.463 e. The third-order valence-electron chi connectivity index (χ3n) is 4.14. The predicted octanol–water partition coefficient (Wildman–Crippen LogP) is -1.40. The quantitative estimate of drug-likeness (QED) is 0.387. The minimum absolute atomic E-state index is 0.245. The molecular formula is C17H24N4O9. The van der Waals surface area contributed by atoms with Gasteiger partial charge in [-0.15, -0.1) is 5.10 Å². The molecule has 30 heavy (non-hydrogen) atoms. The van der Waals surface area contributed by atoms with Crippen LogP contribution in [0, 0.1) is 0 Å². The Kier molecular flexibility index (Phi) is 7.83. The lowest BCUT2D eigenvalue weighted by Crippen LogP contribution is -2.64. The van der Waals surface area contributed by atoms with E-state index in [1.165, 1.54) is 24.7 Å². The van der Waals surface area contributed by atoms with Crippen LogP contribution in [0.5, 0.6) is 0 Å². The molecule has 1 saturated heterocycles. The van der Waals surface area contributed by atoms with Crippen LogP contribution < -0.4 is 5.32 Å². The summed E-state index contributed by atoms with van der Waals surface area (Å²) in [4.78, 5) is 46.6. The molecule has 1 amide bonds. The number of amides is 1. The summed E-state index contributed by atoms with van der Waals surface area (Å²) in [5.74, 6) is -2.51. The molecule has 0 bridgehead atoms. The summed E-state index contributed by atoms with van der Waals surface area (Å²) < 4.78 is 22.8. The smallest absolute Gasteiger partial charge is 0.303 e. The molecule has 13 nitrogen and oxygen atoms in total. The maximum atomic E-state index is 11.9. The molecule has 13 heteroatoms. The number of aliphatic hydroxyl groups excluding tert-OH is 1. The molecule has 0 spiro atoms. The lowest BCUT2D eigenvalue weighted by atomic mass is 9.95. The second-order valence-corrected chi connectivity index (χ2v) is 6.57. The number of nitrogens with one attached hydrogen (secondary N) is 1. The first-order valence-electron chi connectivity index (χ1n) is 9.04. The van der Waals surface area contributed by atoms with Crippen LogP contribution in [0.3, 0.4) is 0 Å². The van der Waals surface area contributed by atoms with Crippen molar-refractivity contribution < 1.29 is 43.2 Å². The number of ether oxygens (including phenoxy) is 4. The summed E-state index contributed by atoms with van der Waals surface area (Å²) in [7, 11) is 0. The highest BCUT2D eigenvalue weighted by atomic mass is 16.6. The molecule has 1 fully saturated rings. The van der Waals surface area contributed by atoms with Gasteiger partial charge in [-0.1, -0.05) is 5.21 Å². The average Bonchev–Trinajstić information content (AvgIpc) is 3.10. The maximum Gasteiger partial charge on any atom is 0.303 e. The number of aliphatic hydroxyl groups is 1. The summed E-state index contributed by atoms with van der Waals surface area (Å²) in [6, 6.07) is -1.07. The molecule has 1 aromatic heterocycles. The van der Waals surface area contributed by atoms with Gasteiger partial charge in [0.05, 0.1) is 18.5 Å². The van der Waals surface area contributed by atoms with Crippen LogP contribution in [-0.2, 0) is 44.7 Å². The van der Waals surface area contributed by atoms with Crippen molar-refractivity contribution in [2.24, 2.45) is 0 Å². The zero-order valence-corrected chi connectivity index (χ0v) is 16.9. The molecule has 0 unspecified atom stereocenters. The lowest BCUT2D eigenvalue weighted by Gasteiger charge is -2.45. The first-order chi connectivity index (χ1) is 14.1. The number of carbonyl (C=O) groups excluding carboxylic acids is 4. The number of carbonyl (C=O) groups is 4. The maximum absolute atomic E-state index is 11.9. The molecule has 2 heterocycles. The Morgan fingerprint density at radius 3 is 2.27 bits per heavy atom. The molecule has 0 radical (unpaired) electrons. The number of hydrogen-bond donors (Lipinski definition) is 2. The van der Waals surface area contributed by atoms with Crippen LogP contribution >= 0.6 is 0 Å². The van der Waals surface area contributed by atoms with Crippen molar-refractivity contribution in [2.45, 2.75) is 64.9 Å². The molecule has 1 aromatic rings. The zero-order valence-electron chi connectivity index (χ0n) is 16.9. The van der Waals surface area contributed by atoms with Crippen molar-refractivity contribution >= 4 is 23.8 Å². The first-order valence-corrected chi connectivity index (χ1v) is 9.04. The molecule has 166 valence electrons. The van der Waals surface area contributed by atoms with Crippen molar-refractivity contribution in [3.05, 3.63) is 11.9 Å². The van der Waals surface area contributed by atoms with Crippen molar-refractivity contribution in [3.8, 4) is 0 Å². The fraction of sp³-hybridized carbons (Fsp3) is 0.647. The summed E-state index contributed by atoms with van der Waals surface area (Å²) in [6.45, 7) is 3.94. The van der Waals surface area contributed by atoms with E-state index in [4.69, 9.17) is 18.9 Å². The van der Waals surface area contributed by atoms with Crippen LogP contribution in [0.1, 0.15) is 39.6 Å². The van der Waals surface area contributed by atoms with E-state index in [0.717, 1.165) is 13.8 Å². The summed E-state index contributed by atoms with van der Waals surface area (Å²) in [5, 5.41) is 19.8. The third kappa shape index (κ3) is 5.73. The van der Waals surface area contributed by atoms with Gasteiger partial charge in [0.25, 0.3) is 0 Å².